The standard InChI is InChI=1S/C15H22N2O2.ClH/c1-19-14-7-3-2-6-13(14)9-15(18)17-11-12-5-4-8-16-10-12;/h2-3,6-7,12,16H,4-5,8-11H2,1H3,(H,17,18);1H. The summed E-state index contributed by atoms with van der Waals surface area (Å²) in [6.07, 6.45) is 2.78. The minimum absolute atomic E-state index is 0. The lowest BCUT2D eigenvalue weighted by atomic mass is 9.99. The van der Waals surface area contributed by atoms with Crippen molar-refractivity contribution in [2.24, 2.45) is 5.92 Å². The van der Waals surface area contributed by atoms with E-state index in [9.17, 15) is 4.79 Å². The summed E-state index contributed by atoms with van der Waals surface area (Å²) in [7, 11) is 1.63. The highest BCUT2D eigenvalue weighted by Gasteiger charge is 2.14. The number of piperidine rings is 1. The highest BCUT2D eigenvalue weighted by Crippen LogP contribution is 2.17. The van der Waals surface area contributed by atoms with Crippen molar-refractivity contribution in [3.63, 3.8) is 0 Å². The Kier molecular flexibility index (Phi) is 7.41. The molecule has 2 N–H and O–H groups in total. The Labute approximate surface area is 126 Å². The number of benzene rings is 1. The van der Waals surface area contributed by atoms with Gasteiger partial charge in [-0.1, -0.05) is 18.2 Å². The molecule has 0 spiro atoms. The van der Waals surface area contributed by atoms with E-state index in [-0.39, 0.29) is 18.3 Å². The Balaban J connectivity index is 0.00000200. The summed E-state index contributed by atoms with van der Waals surface area (Å²) in [6.45, 7) is 2.88. The topological polar surface area (TPSA) is 50.4 Å². The first-order valence-corrected chi connectivity index (χ1v) is 6.89. The van der Waals surface area contributed by atoms with E-state index in [1.54, 1.807) is 7.11 Å². The van der Waals surface area contributed by atoms with Crippen LogP contribution in [0.3, 0.4) is 0 Å². The number of amides is 1. The number of nitrogens with one attached hydrogen (secondary N) is 2. The third kappa shape index (κ3) is 5.02. The Hall–Kier alpha value is -1.26. The zero-order valence-corrected chi connectivity index (χ0v) is 12.7. The van der Waals surface area contributed by atoms with E-state index in [2.05, 4.69) is 10.6 Å². The van der Waals surface area contributed by atoms with Crippen LogP contribution in [0.15, 0.2) is 24.3 Å². The number of hydrogen-bond acceptors (Lipinski definition) is 3. The molecular weight excluding hydrogens is 276 g/mol. The van der Waals surface area contributed by atoms with Crippen LogP contribution in [0.2, 0.25) is 0 Å². The number of ether oxygens (including phenoxy) is 1. The van der Waals surface area contributed by atoms with Gasteiger partial charge in [-0.2, -0.15) is 0 Å². The number of carbonyl (C=O) groups excluding carboxylic acids is 1. The second-order valence-corrected chi connectivity index (χ2v) is 5.01. The van der Waals surface area contributed by atoms with Crippen molar-refractivity contribution in [2.45, 2.75) is 19.3 Å². The minimum atomic E-state index is 0. The molecule has 1 aromatic rings. The molecule has 4 nitrogen and oxygen atoms in total. The monoisotopic (exact) mass is 298 g/mol. The number of hydrogen-bond donors (Lipinski definition) is 2. The molecule has 0 aromatic heterocycles. The second-order valence-electron chi connectivity index (χ2n) is 5.01. The fourth-order valence-electron chi connectivity index (χ4n) is 2.44. The molecule has 112 valence electrons. The summed E-state index contributed by atoms with van der Waals surface area (Å²) in [6, 6.07) is 7.65. The molecule has 0 bridgehead atoms. The molecule has 0 radical (unpaired) electrons. The summed E-state index contributed by atoms with van der Waals surface area (Å²) in [4.78, 5) is 11.9. The Morgan fingerprint density at radius 2 is 2.25 bits per heavy atom. The molecule has 1 heterocycles. The van der Waals surface area contributed by atoms with Crippen molar-refractivity contribution in [2.75, 3.05) is 26.7 Å². The molecule has 1 saturated heterocycles. The van der Waals surface area contributed by atoms with Crippen LogP contribution in [0.1, 0.15) is 18.4 Å². The molecule has 5 heteroatoms. The maximum atomic E-state index is 11.9. The third-order valence-electron chi connectivity index (χ3n) is 3.53. The molecule has 0 saturated carbocycles. The zero-order chi connectivity index (χ0) is 13.5. The minimum Gasteiger partial charge on any atom is -0.496 e. The molecule has 0 aliphatic carbocycles. The first-order valence-electron chi connectivity index (χ1n) is 6.89. The van der Waals surface area contributed by atoms with E-state index in [1.165, 1.54) is 12.8 Å². The lowest BCUT2D eigenvalue weighted by Gasteiger charge is -2.22. The summed E-state index contributed by atoms with van der Waals surface area (Å²) in [5.74, 6) is 1.41. The van der Waals surface area contributed by atoms with Crippen molar-refractivity contribution < 1.29 is 9.53 Å². The normalized spacial score (nSPS) is 17.9. The van der Waals surface area contributed by atoms with Crippen LogP contribution >= 0.6 is 12.4 Å². The van der Waals surface area contributed by atoms with E-state index in [0.29, 0.717) is 12.3 Å². The third-order valence-corrected chi connectivity index (χ3v) is 3.53. The highest BCUT2D eigenvalue weighted by atomic mass is 35.5. The van der Waals surface area contributed by atoms with Crippen LogP contribution in [0.4, 0.5) is 0 Å². The van der Waals surface area contributed by atoms with Gasteiger partial charge in [-0.25, -0.2) is 0 Å². The van der Waals surface area contributed by atoms with E-state index in [4.69, 9.17) is 4.74 Å². The molecule has 1 aliphatic heterocycles. The van der Waals surface area contributed by atoms with Gasteiger partial charge in [-0.3, -0.25) is 4.79 Å². The van der Waals surface area contributed by atoms with Crippen molar-refractivity contribution in [3.8, 4) is 5.75 Å². The number of para-hydroxylation sites is 1. The molecule has 1 unspecified atom stereocenters. The Morgan fingerprint density at radius 1 is 1.45 bits per heavy atom. The van der Waals surface area contributed by atoms with Gasteiger partial charge >= 0.3 is 0 Å². The van der Waals surface area contributed by atoms with E-state index in [0.717, 1.165) is 30.9 Å². The van der Waals surface area contributed by atoms with E-state index >= 15 is 0 Å². The van der Waals surface area contributed by atoms with E-state index in [1.807, 2.05) is 24.3 Å². The van der Waals surface area contributed by atoms with Crippen LogP contribution in [0.5, 0.6) is 5.75 Å². The number of carbonyl (C=O) groups is 1. The van der Waals surface area contributed by atoms with Gasteiger partial charge in [0.2, 0.25) is 5.91 Å². The molecule has 1 atom stereocenters. The van der Waals surface area contributed by atoms with Crippen LogP contribution in [-0.2, 0) is 11.2 Å². The van der Waals surface area contributed by atoms with Crippen molar-refractivity contribution in [1.82, 2.24) is 10.6 Å². The lowest BCUT2D eigenvalue weighted by molar-refractivity contribution is -0.120. The maximum Gasteiger partial charge on any atom is 0.224 e. The van der Waals surface area contributed by atoms with Crippen LogP contribution < -0.4 is 15.4 Å². The van der Waals surface area contributed by atoms with Gasteiger partial charge in [0.15, 0.2) is 0 Å². The molecule has 2 rings (SSSR count). The van der Waals surface area contributed by atoms with Crippen molar-refractivity contribution in [3.05, 3.63) is 29.8 Å². The smallest absolute Gasteiger partial charge is 0.224 e. The lowest BCUT2D eigenvalue weighted by Crippen LogP contribution is -2.38. The quantitative estimate of drug-likeness (QED) is 0.871. The number of rotatable bonds is 5. The molecule has 1 aromatic carbocycles. The molecule has 20 heavy (non-hydrogen) atoms. The van der Waals surface area contributed by atoms with Crippen molar-refractivity contribution >= 4 is 18.3 Å². The molecular formula is C15H23ClN2O2. The van der Waals surface area contributed by atoms with Gasteiger partial charge in [-0.15, -0.1) is 12.4 Å². The largest absolute Gasteiger partial charge is 0.496 e. The highest BCUT2D eigenvalue weighted by molar-refractivity contribution is 5.85. The summed E-state index contributed by atoms with van der Waals surface area (Å²) < 4.78 is 5.25. The van der Waals surface area contributed by atoms with Gasteiger partial charge in [-0.05, 0) is 37.9 Å². The predicted octanol–water partition coefficient (Wildman–Crippen LogP) is 1.78. The number of methoxy groups -OCH3 is 1. The zero-order valence-electron chi connectivity index (χ0n) is 11.9. The fraction of sp³-hybridized carbons (Fsp3) is 0.533. The maximum absolute atomic E-state index is 11.9. The van der Waals surface area contributed by atoms with Crippen molar-refractivity contribution in [1.29, 1.82) is 0 Å². The number of halogens is 1. The van der Waals surface area contributed by atoms with E-state index < -0.39 is 0 Å². The average Bonchev–Trinajstić information content (AvgIpc) is 2.47. The van der Waals surface area contributed by atoms with Gasteiger partial charge in [0.1, 0.15) is 5.75 Å². The van der Waals surface area contributed by atoms with Gasteiger partial charge in [0.05, 0.1) is 13.5 Å². The van der Waals surface area contributed by atoms with Crippen LogP contribution in [0, 0.1) is 5.92 Å². The average molecular weight is 299 g/mol. The van der Waals surface area contributed by atoms with Crippen LogP contribution in [-0.4, -0.2) is 32.7 Å². The van der Waals surface area contributed by atoms with Crippen LogP contribution in [0.25, 0.3) is 0 Å². The summed E-state index contributed by atoms with van der Waals surface area (Å²) in [5.41, 5.74) is 0.935. The molecule has 1 fully saturated rings. The molecule has 1 amide bonds. The first-order chi connectivity index (χ1) is 9.29. The summed E-state index contributed by atoms with van der Waals surface area (Å²) in [5, 5.41) is 6.37. The van der Waals surface area contributed by atoms with Gasteiger partial charge in [0.25, 0.3) is 0 Å². The predicted molar refractivity (Wildman–Crippen MR) is 82.5 cm³/mol. The van der Waals surface area contributed by atoms with Gasteiger partial charge in [0, 0.05) is 12.1 Å². The first kappa shape index (κ1) is 16.8. The Bertz CT molecular complexity index is 420. The molecule has 1 aliphatic rings. The summed E-state index contributed by atoms with van der Waals surface area (Å²) >= 11 is 0. The Morgan fingerprint density at radius 3 is 2.95 bits per heavy atom. The fourth-order valence-corrected chi connectivity index (χ4v) is 2.44. The second kappa shape index (κ2) is 8.82. The SMILES string of the molecule is COc1ccccc1CC(=O)NCC1CCCNC1.Cl. The van der Waals surface area contributed by atoms with Gasteiger partial charge < -0.3 is 15.4 Å².